The van der Waals surface area contributed by atoms with Crippen LogP contribution < -0.4 is 0 Å². The van der Waals surface area contributed by atoms with Crippen molar-refractivity contribution in [3.8, 4) is 0 Å². The monoisotopic (exact) mass is 250 g/mol. The van der Waals surface area contributed by atoms with E-state index in [0.717, 1.165) is 0 Å². The third-order valence-corrected chi connectivity index (χ3v) is 3.51. The molecule has 0 aliphatic carbocycles. The van der Waals surface area contributed by atoms with Gasteiger partial charge < -0.3 is 13.8 Å². The molecule has 0 saturated carbocycles. The first-order valence-corrected chi connectivity index (χ1v) is 6.48. The second-order valence-electron chi connectivity index (χ2n) is 4.24. The Morgan fingerprint density at radius 1 is 1.25 bits per heavy atom. The summed E-state index contributed by atoms with van der Waals surface area (Å²) in [5.41, 5.74) is -0.536. The minimum Gasteiger partial charge on any atom is -0.457 e. The van der Waals surface area contributed by atoms with Gasteiger partial charge in [0.2, 0.25) is 0 Å². The molecule has 0 aromatic rings. The van der Waals surface area contributed by atoms with Gasteiger partial charge in [0.25, 0.3) is 0 Å². The summed E-state index contributed by atoms with van der Waals surface area (Å²) >= 11 is 0. The van der Waals surface area contributed by atoms with E-state index in [2.05, 4.69) is 6.58 Å². The SMILES string of the molecule is C=C(CP(=O)(OC)OC)C(=O)OC(C)(C)C. The topological polar surface area (TPSA) is 61.8 Å². The first-order valence-electron chi connectivity index (χ1n) is 4.75. The number of carbonyl (C=O) groups excluding carboxylic acids is 1. The van der Waals surface area contributed by atoms with Crippen molar-refractivity contribution in [3.63, 3.8) is 0 Å². The maximum atomic E-state index is 11.7. The molecule has 0 unspecified atom stereocenters. The molecule has 6 heteroatoms. The van der Waals surface area contributed by atoms with Crippen LogP contribution in [0.5, 0.6) is 0 Å². The summed E-state index contributed by atoms with van der Waals surface area (Å²) in [5.74, 6) is -0.596. The summed E-state index contributed by atoms with van der Waals surface area (Å²) < 4.78 is 26.2. The third kappa shape index (κ3) is 5.45. The van der Waals surface area contributed by atoms with Crippen molar-refractivity contribution in [2.45, 2.75) is 26.4 Å². The lowest BCUT2D eigenvalue weighted by Crippen LogP contribution is -2.25. The van der Waals surface area contributed by atoms with Crippen LogP contribution in [0.1, 0.15) is 20.8 Å². The van der Waals surface area contributed by atoms with Gasteiger partial charge in [0.05, 0.1) is 6.16 Å². The Kier molecular flexibility index (Phi) is 5.39. The van der Waals surface area contributed by atoms with Gasteiger partial charge in [-0.25, -0.2) is 4.79 Å². The third-order valence-electron chi connectivity index (χ3n) is 1.63. The Bertz CT molecular complexity index is 308. The van der Waals surface area contributed by atoms with Crippen molar-refractivity contribution < 1.29 is 23.1 Å². The maximum Gasteiger partial charge on any atom is 0.334 e. The lowest BCUT2D eigenvalue weighted by atomic mass is 10.2. The van der Waals surface area contributed by atoms with Crippen LogP contribution in [0.3, 0.4) is 0 Å². The van der Waals surface area contributed by atoms with Gasteiger partial charge in [0.1, 0.15) is 5.60 Å². The van der Waals surface area contributed by atoms with E-state index in [0.29, 0.717) is 0 Å². The van der Waals surface area contributed by atoms with Crippen LogP contribution in [0.2, 0.25) is 0 Å². The van der Waals surface area contributed by atoms with Gasteiger partial charge >= 0.3 is 13.6 Å². The molecule has 0 aliphatic heterocycles. The van der Waals surface area contributed by atoms with Crippen LogP contribution in [-0.2, 0) is 23.1 Å². The summed E-state index contributed by atoms with van der Waals surface area (Å²) in [6, 6.07) is 0. The van der Waals surface area contributed by atoms with Crippen LogP contribution >= 0.6 is 7.60 Å². The molecule has 0 aliphatic rings. The summed E-state index contributed by atoms with van der Waals surface area (Å²) in [5, 5.41) is 0. The fourth-order valence-corrected chi connectivity index (χ4v) is 1.86. The zero-order valence-corrected chi connectivity index (χ0v) is 11.3. The first kappa shape index (κ1) is 15.4. The number of ether oxygens (including phenoxy) is 1. The number of hydrogen-bond acceptors (Lipinski definition) is 5. The van der Waals surface area contributed by atoms with Gasteiger partial charge in [-0.05, 0) is 20.8 Å². The fraction of sp³-hybridized carbons (Fsp3) is 0.700. The first-order chi connectivity index (χ1) is 7.13. The van der Waals surface area contributed by atoms with Gasteiger partial charge in [-0.15, -0.1) is 0 Å². The van der Waals surface area contributed by atoms with Gasteiger partial charge in [-0.3, -0.25) is 4.57 Å². The van der Waals surface area contributed by atoms with E-state index in [9.17, 15) is 9.36 Å². The van der Waals surface area contributed by atoms with Gasteiger partial charge in [0, 0.05) is 19.8 Å². The number of esters is 1. The van der Waals surface area contributed by atoms with Crippen LogP contribution in [0.4, 0.5) is 0 Å². The molecule has 0 aromatic carbocycles. The van der Waals surface area contributed by atoms with Crippen LogP contribution in [0.25, 0.3) is 0 Å². The van der Waals surface area contributed by atoms with Gasteiger partial charge in [-0.1, -0.05) is 6.58 Å². The summed E-state index contributed by atoms with van der Waals surface area (Å²) in [6.07, 6.45) is -0.172. The zero-order chi connectivity index (χ0) is 13.0. The van der Waals surface area contributed by atoms with E-state index in [4.69, 9.17) is 13.8 Å². The lowest BCUT2D eigenvalue weighted by molar-refractivity contribution is -0.149. The highest BCUT2D eigenvalue weighted by molar-refractivity contribution is 7.54. The second-order valence-corrected chi connectivity index (χ2v) is 6.51. The molecule has 0 radical (unpaired) electrons. The van der Waals surface area contributed by atoms with Crippen molar-refractivity contribution >= 4 is 13.6 Å². The normalized spacial score (nSPS) is 12.3. The fourth-order valence-electron chi connectivity index (χ4n) is 0.852. The predicted molar refractivity (Wildman–Crippen MR) is 61.5 cm³/mol. The second kappa shape index (κ2) is 5.62. The minimum absolute atomic E-state index is 0.0713. The molecule has 0 saturated heterocycles. The highest BCUT2D eigenvalue weighted by atomic mass is 31.2. The van der Waals surface area contributed by atoms with Crippen LogP contribution in [0.15, 0.2) is 12.2 Å². The molecule has 0 fully saturated rings. The Hall–Kier alpha value is -0.640. The minimum atomic E-state index is -3.26. The van der Waals surface area contributed by atoms with E-state index in [1.807, 2.05) is 0 Å². The molecular weight excluding hydrogens is 231 g/mol. The van der Waals surface area contributed by atoms with E-state index >= 15 is 0 Å². The summed E-state index contributed by atoms with van der Waals surface area (Å²) in [7, 11) is -0.744. The predicted octanol–water partition coefficient (Wildman–Crippen LogP) is 2.37. The van der Waals surface area contributed by atoms with E-state index in [-0.39, 0.29) is 11.7 Å². The number of carbonyl (C=O) groups is 1. The quantitative estimate of drug-likeness (QED) is 0.426. The Balaban J connectivity index is 4.49. The Labute approximate surface area is 96.3 Å². The Morgan fingerprint density at radius 3 is 2.00 bits per heavy atom. The standard InChI is InChI=1S/C10H19O5P/c1-8(7-16(12,13-5)14-6)9(11)15-10(2,3)4/h1,7H2,2-6H3. The summed E-state index contributed by atoms with van der Waals surface area (Å²) in [6.45, 7) is 8.73. The summed E-state index contributed by atoms with van der Waals surface area (Å²) in [4.78, 5) is 11.5. The molecule has 0 spiro atoms. The highest BCUT2D eigenvalue weighted by Crippen LogP contribution is 2.47. The van der Waals surface area contributed by atoms with Crippen molar-refractivity contribution in [2.75, 3.05) is 20.4 Å². The molecule has 0 aromatic heterocycles. The number of rotatable bonds is 5. The molecule has 0 atom stereocenters. The maximum absolute atomic E-state index is 11.7. The molecule has 0 rings (SSSR count). The zero-order valence-electron chi connectivity index (χ0n) is 10.4. The molecule has 94 valence electrons. The van der Waals surface area contributed by atoms with Gasteiger partial charge in [-0.2, -0.15) is 0 Å². The molecule has 16 heavy (non-hydrogen) atoms. The van der Waals surface area contributed by atoms with Crippen LogP contribution in [0, 0.1) is 0 Å². The van der Waals surface area contributed by atoms with Crippen molar-refractivity contribution in [2.24, 2.45) is 0 Å². The van der Waals surface area contributed by atoms with Crippen LogP contribution in [-0.4, -0.2) is 32.0 Å². The molecule has 0 bridgehead atoms. The van der Waals surface area contributed by atoms with E-state index < -0.39 is 19.2 Å². The molecular formula is C10H19O5P. The molecule has 0 amide bonds. The van der Waals surface area contributed by atoms with E-state index in [1.54, 1.807) is 20.8 Å². The lowest BCUT2D eigenvalue weighted by Gasteiger charge is -2.21. The highest BCUT2D eigenvalue weighted by Gasteiger charge is 2.27. The molecule has 5 nitrogen and oxygen atoms in total. The Morgan fingerprint density at radius 2 is 1.69 bits per heavy atom. The molecule has 0 heterocycles. The average molecular weight is 250 g/mol. The molecule has 0 N–H and O–H groups in total. The van der Waals surface area contributed by atoms with E-state index in [1.165, 1.54) is 14.2 Å². The van der Waals surface area contributed by atoms with Crippen molar-refractivity contribution in [1.29, 1.82) is 0 Å². The smallest absolute Gasteiger partial charge is 0.334 e. The van der Waals surface area contributed by atoms with Crippen molar-refractivity contribution in [3.05, 3.63) is 12.2 Å². The van der Waals surface area contributed by atoms with Crippen molar-refractivity contribution in [1.82, 2.24) is 0 Å². The average Bonchev–Trinajstić information content (AvgIpc) is 2.15. The number of hydrogen-bond donors (Lipinski definition) is 0. The largest absolute Gasteiger partial charge is 0.457 e. The van der Waals surface area contributed by atoms with Gasteiger partial charge in [0.15, 0.2) is 0 Å².